The van der Waals surface area contributed by atoms with Crippen LogP contribution in [0, 0.1) is 0 Å². The van der Waals surface area contributed by atoms with Crippen molar-refractivity contribution in [2.75, 3.05) is 5.73 Å². The second kappa shape index (κ2) is 3.99. The van der Waals surface area contributed by atoms with Crippen LogP contribution in [0.25, 0.3) is 22.2 Å². The van der Waals surface area contributed by atoms with Crippen molar-refractivity contribution in [3.8, 4) is 22.2 Å². The molecule has 0 atom stereocenters. The molecular weight excluding hydrogens is 234 g/mol. The van der Waals surface area contributed by atoms with Gasteiger partial charge in [-0.15, -0.1) is 11.3 Å². The van der Waals surface area contributed by atoms with Crippen LogP contribution in [0.1, 0.15) is 0 Å². The third kappa shape index (κ3) is 1.90. The van der Waals surface area contributed by atoms with E-state index in [1.807, 2.05) is 29.6 Å². The second-order valence-corrected chi connectivity index (χ2v) is 4.38. The minimum Gasteiger partial charge on any atom is -0.384 e. The molecule has 0 saturated carbocycles. The monoisotopic (exact) mass is 243 g/mol. The van der Waals surface area contributed by atoms with Crippen LogP contribution in [0.15, 0.2) is 35.7 Å². The number of anilines is 1. The Balaban J connectivity index is 2.01. The molecule has 5 nitrogen and oxygen atoms in total. The molecule has 6 heteroatoms. The average molecular weight is 243 g/mol. The molecule has 0 aliphatic rings. The van der Waals surface area contributed by atoms with E-state index < -0.39 is 0 Å². The van der Waals surface area contributed by atoms with E-state index in [-0.39, 0.29) is 0 Å². The van der Waals surface area contributed by atoms with Crippen molar-refractivity contribution in [3.63, 3.8) is 0 Å². The van der Waals surface area contributed by atoms with Crippen LogP contribution in [-0.4, -0.2) is 20.2 Å². The van der Waals surface area contributed by atoms with E-state index in [9.17, 15) is 0 Å². The Hall–Kier alpha value is -2.21. The number of thiophene rings is 1. The van der Waals surface area contributed by atoms with E-state index in [1.54, 1.807) is 17.4 Å². The highest BCUT2D eigenvalue weighted by Gasteiger charge is 2.09. The molecule has 0 aliphatic heterocycles. The zero-order chi connectivity index (χ0) is 11.7. The van der Waals surface area contributed by atoms with Gasteiger partial charge >= 0.3 is 0 Å². The normalized spacial score (nSPS) is 10.6. The average Bonchev–Trinajstić information content (AvgIpc) is 3.00. The molecule has 0 amide bonds. The molecule has 17 heavy (non-hydrogen) atoms. The standard InChI is InChI=1S/C11H9N5S/c12-9-5-1-3-7(13-9)10-14-11(16-15-10)8-4-2-6-17-8/h1-6H,(H2,12,13)(H,14,15,16). The number of pyridine rings is 1. The van der Waals surface area contributed by atoms with Gasteiger partial charge in [0.25, 0.3) is 0 Å². The first kappa shape index (κ1) is 9.98. The summed E-state index contributed by atoms with van der Waals surface area (Å²) < 4.78 is 0. The zero-order valence-electron chi connectivity index (χ0n) is 8.79. The van der Waals surface area contributed by atoms with Crippen molar-refractivity contribution in [2.45, 2.75) is 0 Å². The number of aromatic nitrogens is 4. The number of hydrogen-bond donors (Lipinski definition) is 2. The van der Waals surface area contributed by atoms with Crippen LogP contribution < -0.4 is 5.73 Å². The van der Waals surface area contributed by atoms with E-state index in [2.05, 4.69) is 20.2 Å². The van der Waals surface area contributed by atoms with Crippen molar-refractivity contribution >= 4 is 17.2 Å². The lowest BCUT2D eigenvalue weighted by Gasteiger charge is -1.94. The van der Waals surface area contributed by atoms with Gasteiger partial charge in [0.05, 0.1) is 4.88 Å². The summed E-state index contributed by atoms with van der Waals surface area (Å²) in [6.45, 7) is 0. The topological polar surface area (TPSA) is 80.5 Å². The summed E-state index contributed by atoms with van der Waals surface area (Å²) in [6.07, 6.45) is 0. The summed E-state index contributed by atoms with van der Waals surface area (Å²) in [6, 6.07) is 9.36. The molecule has 0 fully saturated rings. The predicted octanol–water partition coefficient (Wildman–Crippen LogP) is 2.18. The van der Waals surface area contributed by atoms with Gasteiger partial charge in [-0.1, -0.05) is 12.1 Å². The molecule has 3 N–H and O–H groups in total. The lowest BCUT2D eigenvalue weighted by molar-refractivity contribution is 1.09. The van der Waals surface area contributed by atoms with E-state index in [4.69, 9.17) is 5.73 Å². The summed E-state index contributed by atoms with van der Waals surface area (Å²) >= 11 is 1.61. The Labute approximate surface area is 101 Å². The van der Waals surface area contributed by atoms with Gasteiger partial charge in [-0.05, 0) is 23.6 Å². The number of nitrogens with one attached hydrogen (secondary N) is 1. The van der Waals surface area contributed by atoms with Crippen molar-refractivity contribution < 1.29 is 0 Å². The number of nitrogen functional groups attached to an aromatic ring is 1. The van der Waals surface area contributed by atoms with Crippen LogP contribution in [0.2, 0.25) is 0 Å². The number of hydrogen-bond acceptors (Lipinski definition) is 5. The fourth-order valence-electron chi connectivity index (χ4n) is 1.48. The summed E-state index contributed by atoms with van der Waals surface area (Å²) in [5.74, 6) is 1.77. The zero-order valence-corrected chi connectivity index (χ0v) is 9.61. The maximum absolute atomic E-state index is 5.62. The Morgan fingerprint density at radius 2 is 2.06 bits per heavy atom. The number of H-pyrrole nitrogens is 1. The highest BCUT2D eigenvalue weighted by molar-refractivity contribution is 7.13. The molecule has 0 aliphatic carbocycles. The smallest absolute Gasteiger partial charge is 0.200 e. The Bertz CT molecular complexity index is 629. The molecule has 3 heterocycles. The van der Waals surface area contributed by atoms with Crippen molar-refractivity contribution in [1.29, 1.82) is 0 Å². The van der Waals surface area contributed by atoms with Gasteiger partial charge in [-0.25, -0.2) is 9.97 Å². The van der Waals surface area contributed by atoms with Crippen molar-refractivity contribution in [3.05, 3.63) is 35.7 Å². The third-order valence-electron chi connectivity index (χ3n) is 2.24. The lowest BCUT2D eigenvalue weighted by atomic mass is 10.3. The van der Waals surface area contributed by atoms with E-state index in [1.165, 1.54) is 0 Å². The molecule has 3 aromatic rings. The van der Waals surface area contributed by atoms with E-state index >= 15 is 0 Å². The highest BCUT2D eigenvalue weighted by atomic mass is 32.1. The van der Waals surface area contributed by atoms with Gasteiger partial charge in [0.2, 0.25) is 0 Å². The SMILES string of the molecule is Nc1cccc(-c2n[nH]c(-c3cccs3)n2)n1. The van der Waals surface area contributed by atoms with Crippen molar-refractivity contribution in [1.82, 2.24) is 20.2 Å². The van der Waals surface area contributed by atoms with Crippen LogP contribution in [-0.2, 0) is 0 Å². The molecule has 84 valence electrons. The maximum atomic E-state index is 5.62. The maximum Gasteiger partial charge on any atom is 0.200 e. The summed E-state index contributed by atoms with van der Waals surface area (Å²) in [5, 5.41) is 9.03. The van der Waals surface area contributed by atoms with E-state index in [0.717, 1.165) is 10.7 Å². The first-order valence-electron chi connectivity index (χ1n) is 5.02. The third-order valence-corrected chi connectivity index (χ3v) is 3.12. The van der Waals surface area contributed by atoms with Crippen LogP contribution >= 0.6 is 11.3 Å². The first-order chi connectivity index (χ1) is 8.33. The Kier molecular flexibility index (Phi) is 2.34. The minimum atomic E-state index is 0.463. The number of rotatable bonds is 2. The summed E-state index contributed by atoms with van der Waals surface area (Å²) in [4.78, 5) is 9.61. The molecule has 0 radical (unpaired) electrons. The van der Waals surface area contributed by atoms with Crippen LogP contribution in [0.3, 0.4) is 0 Å². The lowest BCUT2D eigenvalue weighted by Crippen LogP contribution is -1.92. The predicted molar refractivity (Wildman–Crippen MR) is 67.3 cm³/mol. The molecule has 0 unspecified atom stereocenters. The van der Waals surface area contributed by atoms with Gasteiger partial charge < -0.3 is 5.73 Å². The first-order valence-corrected chi connectivity index (χ1v) is 5.90. The number of nitrogens with zero attached hydrogens (tertiary/aromatic N) is 3. The van der Waals surface area contributed by atoms with Gasteiger partial charge in [-0.3, -0.25) is 5.10 Å². The highest BCUT2D eigenvalue weighted by Crippen LogP contribution is 2.22. The fourth-order valence-corrected chi connectivity index (χ4v) is 2.14. The summed E-state index contributed by atoms with van der Waals surface area (Å²) in [5.41, 5.74) is 6.29. The second-order valence-electron chi connectivity index (χ2n) is 3.43. The quantitative estimate of drug-likeness (QED) is 0.722. The van der Waals surface area contributed by atoms with Gasteiger partial charge in [0.15, 0.2) is 11.6 Å². The fraction of sp³-hybridized carbons (Fsp3) is 0. The van der Waals surface area contributed by atoms with Gasteiger partial charge in [-0.2, -0.15) is 5.10 Å². The van der Waals surface area contributed by atoms with E-state index in [0.29, 0.717) is 17.3 Å². The molecule has 0 spiro atoms. The van der Waals surface area contributed by atoms with Crippen LogP contribution in [0.4, 0.5) is 5.82 Å². The molecule has 3 aromatic heterocycles. The molecule has 0 aromatic carbocycles. The molecule has 0 bridgehead atoms. The van der Waals surface area contributed by atoms with Crippen molar-refractivity contribution in [2.24, 2.45) is 0 Å². The van der Waals surface area contributed by atoms with Gasteiger partial charge in [0.1, 0.15) is 11.5 Å². The minimum absolute atomic E-state index is 0.463. The number of nitrogens with two attached hydrogens (primary N) is 1. The molecule has 3 rings (SSSR count). The Morgan fingerprint density at radius 3 is 2.82 bits per heavy atom. The van der Waals surface area contributed by atoms with Crippen LogP contribution in [0.5, 0.6) is 0 Å². The number of aromatic amines is 1. The van der Waals surface area contributed by atoms with Gasteiger partial charge in [0, 0.05) is 0 Å². The molecular formula is C11H9N5S. The Morgan fingerprint density at radius 1 is 1.12 bits per heavy atom. The largest absolute Gasteiger partial charge is 0.384 e. The molecule has 0 saturated heterocycles. The summed E-state index contributed by atoms with van der Waals surface area (Å²) in [7, 11) is 0.